The molecule has 1 aliphatic carbocycles. The summed E-state index contributed by atoms with van der Waals surface area (Å²) in [5.74, 6) is -0.621. The predicted octanol–water partition coefficient (Wildman–Crippen LogP) is 2.03. The van der Waals surface area contributed by atoms with Gasteiger partial charge in [-0.05, 0) is 54.7 Å². The minimum atomic E-state index is -0.975. The van der Waals surface area contributed by atoms with Crippen LogP contribution in [0, 0.1) is 11.3 Å². The Hall–Kier alpha value is -3.10. The number of methoxy groups -OCH3 is 1. The van der Waals surface area contributed by atoms with Crippen molar-refractivity contribution < 1.29 is 28.7 Å². The second-order valence-electron chi connectivity index (χ2n) is 9.87. The van der Waals surface area contributed by atoms with Crippen LogP contribution < -0.4 is 15.4 Å². The standard InChI is InChI=1S/C24H33N3O6/c1-16-11-23(2,3)15-24(12-16)21(30)27(22(31)26-24)13-20(29)33-14-19(28)25-10-9-17-5-7-18(32-4)8-6-17/h5-8,16H,9-15H2,1-4H3,(H,25,28)(H,26,31). The Morgan fingerprint density at radius 1 is 1.18 bits per heavy atom. The number of hydrogen-bond acceptors (Lipinski definition) is 6. The number of carbonyl (C=O) groups is 4. The molecule has 0 bridgehead atoms. The van der Waals surface area contributed by atoms with Crippen LogP contribution >= 0.6 is 0 Å². The molecule has 1 aromatic carbocycles. The molecule has 9 nitrogen and oxygen atoms in total. The maximum absolute atomic E-state index is 13.1. The van der Waals surface area contributed by atoms with E-state index in [0.717, 1.165) is 22.6 Å². The van der Waals surface area contributed by atoms with Crippen LogP contribution in [0.2, 0.25) is 0 Å². The SMILES string of the molecule is COc1ccc(CCNC(=O)COC(=O)CN2C(=O)NC3(CC(C)CC(C)(C)C3)C2=O)cc1. The molecule has 2 aliphatic rings. The number of hydrogen-bond donors (Lipinski definition) is 2. The molecule has 1 saturated heterocycles. The van der Waals surface area contributed by atoms with Gasteiger partial charge in [-0.15, -0.1) is 0 Å². The van der Waals surface area contributed by atoms with E-state index in [1.54, 1.807) is 7.11 Å². The molecule has 1 aromatic rings. The summed E-state index contributed by atoms with van der Waals surface area (Å²) in [4.78, 5) is 50.6. The van der Waals surface area contributed by atoms with Gasteiger partial charge in [-0.1, -0.05) is 32.9 Å². The molecular formula is C24H33N3O6. The Morgan fingerprint density at radius 3 is 2.52 bits per heavy atom. The number of imide groups is 1. The van der Waals surface area contributed by atoms with Gasteiger partial charge in [0.05, 0.1) is 7.11 Å². The van der Waals surface area contributed by atoms with Gasteiger partial charge in [-0.2, -0.15) is 0 Å². The summed E-state index contributed by atoms with van der Waals surface area (Å²) < 4.78 is 10.1. The molecule has 4 amide bonds. The topological polar surface area (TPSA) is 114 Å². The zero-order valence-electron chi connectivity index (χ0n) is 19.7. The molecule has 2 N–H and O–H groups in total. The third-order valence-corrected chi connectivity index (χ3v) is 6.17. The minimum absolute atomic E-state index is 0.0962. The number of benzene rings is 1. The summed E-state index contributed by atoms with van der Waals surface area (Å²) in [6.45, 7) is 5.61. The molecule has 1 spiro atoms. The monoisotopic (exact) mass is 459 g/mol. The van der Waals surface area contributed by atoms with Crippen molar-refractivity contribution in [3.05, 3.63) is 29.8 Å². The van der Waals surface area contributed by atoms with Gasteiger partial charge < -0.3 is 20.1 Å². The van der Waals surface area contributed by atoms with Crippen molar-refractivity contribution in [2.45, 2.75) is 52.0 Å². The predicted molar refractivity (Wildman–Crippen MR) is 120 cm³/mol. The smallest absolute Gasteiger partial charge is 0.326 e. The molecule has 0 radical (unpaired) electrons. The highest BCUT2D eigenvalue weighted by molar-refractivity contribution is 6.08. The number of ether oxygens (including phenoxy) is 2. The fraction of sp³-hybridized carbons (Fsp3) is 0.583. The lowest BCUT2D eigenvalue weighted by Crippen LogP contribution is -2.54. The highest BCUT2D eigenvalue weighted by Crippen LogP contribution is 2.46. The molecule has 1 aliphatic heterocycles. The zero-order chi connectivity index (χ0) is 24.2. The molecule has 33 heavy (non-hydrogen) atoms. The maximum Gasteiger partial charge on any atom is 0.326 e. The van der Waals surface area contributed by atoms with Crippen molar-refractivity contribution in [1.82, 2.24) is 15.5 Å². The van der Waals surface area contributed by atoms with E-state index in [2.05, 4.69) is 31.4 Å². The first-order valence-electron chi connectivity index (χ1n) is 11.2. The van der Waals surface area contributed by atoms with Crippen LogP contribution in [0.3, 0.4) is 0 Å². The van der Waals surface area contributed by atoms with Crippen molar-refractivity contribution in [3.63, 3.8) is 0 Å². The molecule has 2 fully saturated rings. The average Bonchev–Trinajstić information content (AvgIpc) is 2.94. The first kappa shape index (κ1) is 24.5. The second-order valence-corrected chi connectivity index (χ2v) is 9.87. The third-order valence-electron chi connectivity index (χ3n) is 6.17. The molecule has 2 unspecified atom stereocenters. The normalized spacial score (nSPS) is 23.9. The van der Waals surface area contributed by atoms with Gasteiger partial charge >= 0.3 is 12.0 Å². The number of esters is 1. The molecule has 2 atom stereocenters. The Kier molecular flexibility index (Phi) is 7.29. The lowest BCUT2D eigenvalue weighted by molar-refractivity contribution is -0.151. The van der Waals surface area contributed by atoms with Crippen molar-refractivity contribution in [3.8, 4) is 5.75 Å². The Labute approximate surface area is 194 Å². The van der Waals surface area contributed by atoms with Gasteiger partial charge in [-0.25, -0.2) is 4.79 Å². The van der Waals surface area contributed by atoms with Crippen LogP contribution in [-0.4, -0.2) is 61.1 Å². The van der Waals surface area contributed by atoms with E-state index in [0.29, 0.717) is 25.8 Å². The first-order chi connectivity index (χ1) is 15.5. The summed E-state index contributed by atoms with van der Waals surface area (Å²) >= 11 is 0. The minimum Gasteiger partial charge on any atom is -0.497 e. The van der Waals surface area contributed by atoms with E-state index >= 15 is 0 Å². The lowest BCUT2D eigenvalue weighted by atomic mass is 9.64. The zero-order valence-corrected chi connectivity index (χ0v) is 19.7. The summed E-state index contributed by atoms with van der Waals surface area (Å²) in [7, 11) is 1.60. The van der Waals surface area contributed by atoms with E-state index in [4.69, 9.17) is 9.47 Å². The number of nitrogens with zero attached hydrogens (tertiary/aromatic N) is 1. The molecule has 9 heteroatoms. The first-order valence-corrected chi connectivity index (χ1v) is 11.2. The second kappa shape index (κ2) is 9.80. The van der Waals surface area contributed by atoms with Gasteiger partial charge in [-0.3, -0.25) is 19.3 Å². The quantitative estimate of drug-likeness (QED) is 0.454. The van der Waals surface area contributed by atoms with Gasteiger partial charge in [0.15, 0.2) is 6.61 Å². The number of carbonyl (C=O) groups excluding carboxylic acids is 4. The Morgan fingerprint density at radius 2 is 1.88 bits per heavy atom. The fourth-order valence-electron chi connectivity index (χ4n) is 5.16. The van der Waals surface area contributed by atoms with Crippen LogP contribution in [0.15, 0.2) is 24.3 Å². The van der Waals surface area contributed by atoms with E-state index in [1.165, 1.54) is 0 Å². The van der Waals surface area contributed by atoms with Crippen LogP contribution in [0.25, 0.3) is 0 Å². The maximum atomic E-state index is 13.1. The van der Waals surface area contributed by atoms with Gasteiger partial charge in [0.1, 0.15) is 17.8 Å². The van der Waals surface area contributed by atoms with Crippen molar-refractivity contribution in [1.29, 1.82) is 0 Å². The third kappa shape index (κ3) is 6.03. The Bertz CT molecular complexity index is 913. The number of amides is 4. The van der Waals surface area contributed by atoms with Crippen LogP contribution in [-0.2, 0) is 25.5 Å². The van der Waals surface area contributed by atoms with E-state index < -0.39 is 42.5 Å². The molecule has 1 heterocycles. The van der Waals surface area contributed by atoms with E-state index in [-0.39, 0.29) is 11.3 Å². The summed E-state index contributed by atoms with van der Waals surface area (Å²) in [5, 5.41) is 5.50. The Balaban J connectivity index is 1.44. The summed E-state index contributed by atoms with van der Waals surface area (Å²) in [6, 6.07) is 6.90. The van der Waals surface area contributed by atoms with Gasteiger partial charge in [0, 0.05) is 6.54 Å². The fourth-order valence-corrected chi connectivity index (χ4v) is 5.16. The molecule has 1 saturated carbocycles. The number of urea groups is 1. The van der Waals surface area contributed by atoms with Crippen LogP contribution in [0.5, 0.6) is 5.75 Å². The van der Waals surface area contributed by atoms with Crippen molar-refractivity contribution >= 4 is 23.8 Å². The van der Waals surface area contributed by atoms with Crippen LogP contribution in [0.4, 0.5) is 4.79 Å². The largest absolute Gasteiger partial charge is 0.497 e. The number of nitrogens with one attached hydrogen (secondary N) is 2. The molecule has 3 rings (SSSR count). The average molecular weight is 460 g/mol. The lowest BCUT2D eigenvalue weighted by Gasteiger charge is -2.43. The van der Waals surface area contributed by atoms with E-state index in [1.807, 2.05) is 24.3 Å². The highest BCUT2D eigenvalue weighted by atomic mass is 16.5. The van der Waals surface area contributed by atoms with Gasteiger partial charge in [0.25, 0.3) is 11.8 Å². The summed E-state index contributed by atoms with van der Waals surface area (Å²) in [6.07, 6.45) is 2.65. The molecule has 0 aromatic heterocycles. The highest BCUT2D eigenvalue weighted by Gasteiger charge is 2.56. The molecule has 180 valence electrons. The van der Waals surface area contributed by atoms with Gasteiger partial charge in [0.2, 0.25) is 0 Å². The van der Waals surface area contributed by atoms with Crippen molar-refractivity contribution in [2.24, 2.45) is 11.3 Å². The molecular weight excluding hydrogens is 426 g/mol. The van der Waals surface area contributed by atoms with E-state index in [9.17, 15) is 19.2 Å². The van der Waals surface area contributed by atoms with Crippen LogP contribution in [0.1, 0.15) is 45.6 Å². The summed E-state index contributed by atoms with van der Waals surface area (Å²) in [5.41, 5.74) is -0.0425. The number of rotatable bonds is 8. The van der Waals surface area contributed by atoms with Crippen molar-refractivity contribution in [2.75, 3.05) is 26.8 Å².